The highest BCUT2D eigenvalue weighted by atomic mass is 16.5. The maximum absolute atomic E-state index is 5.28. The highest BCUT2D eigenvalue weighted by Crippen LogP contribution is 2.20. The van der Waals surface area contributed by atoms with Gasteiger partial charge in [0.1, 0.15) is 5.75 Å². The van der Waals surface area contributed by atoms with Crippen molar-refractivity contribution in [3.8, 4) is 5.75 Å². The first-order valence-corrected chi connectivity index (χ1v) is 8.83. The van der Waals surface area contributed by atoms with Gasteiger partial charge in [0.2, 0.25) is 0 Å². The van der Waals surface area contributed by atoms with Crippen molar-refractivity contribution < 1.29 is 4.74 Å². The van der Waals surface area contributed by atoms with Gasteiger partial charge in [-0.15, -0.1) is 0 Å². The fraction of sp³-hybridized carbons (Fsp3) is 0.455. The number of ether oxygens (including phenoxy) is 1. The van der Waals surface area contributed by atoms with Crippen LogP contribution in [0, 0.1) is 0 Å². The number of methoxy groups -OCH3 is 1. The Morgan fingerprint density at radius 2 is 1.48 bits per heavy atom. The molecular weight excluding hydrogens is 280 g/mol. The van der Waals surface area contributed by atoms with E-state index in [1.807, 2.05) is 19.9 Å². The van der Waals surface area contributed by atoms with Gasteiger partial charge in [-0.2, -0.15) is 0 Å². The summed E-state index contributed by atoms with van der Waals surface area (Å²) in [5.74, 6) is 1.68. The number of benzene rings is 2. The Labute approximate surface area is 143 Å². The molecule has 0 saturated heterocycles. The first-order chi connectivity index (χ1) is 11.1. The Morgan fingerprint density at radius 1 is 0.870 bits per heavy atom. The van der Waals surface area contributed by atoms with E-state index in [1.54, 1.807) is 7.11 Å². The minimum absolute atomic E-state index is 0.659. The smallest absolute Gasteiger partial charge is 0.122 e. The SMILES string of the molecule is CC.CC(C)c1ccccc1.CCc1ccc(CC)c(OC)c1. The van der Waals surface area contributed by atoms with Gasteiger partial charge in [-0.1, -0.05) is 84.0 Å². The zero-order valence-electron chi connectivity index (χ0n) is 16.0. The number of aryl methyl sites for hydroxylation is 2. The summed E-state index contributed by atoms with van der Waals surface area (Å²) in [7, 11) is 1.73. The second-order valence-corrected chi connectivity index (χ2v) is 5.42. The van der Waals surface area contributed by atoms with Crippen molar-refractivity contribution in [3.05, 3.63) is 65.2 Å². The molecule has 0 N–H and O–H groups in total. The lowest BCUT2D eigenvalue weighted by Crippen LogP contribution is -1.91. The van der Waals surface area contributed by atoms with E-state index in [2.05, 4.69) is 70.2 Å². The van der Waals surface area contributed by atoms with Crippen LogP contribution in [-0.2, 0) is 12.8 Å². The van der Waals surface area contributed by atoms with Crippen LogP contribution in [0.3, 0.4) is 0 Å². The van der Waals surface area contributed by atoms with E-state index in [9.17, 15) is 0 Å². The van der Waals surface area contributed by atoms with Crippen molar-refractivity contribution in [2.24, 2.45) is 0 Å². The van der Waals surface area contributed by atoms with Crippen LogP contribution in [0.15, 0.2) is 48.5 Å². The molecule has 23 heavy (non-hydrogen) atoms. The van der Waals surface area contributed by atoms with Crippen molar-refractivity contribution in [1.29, 1.82) is 0 Å². The molecular formula is C22H34O. The highest BCUT2D eigenvalue weighted by Gasteiger charge is 2.00. The molecule has 0 amide bonds. The van der Waals surface area contributed by atoms with Crippen LogP contribution in [0.4, 0.5) is 0 Å². The van der Waals surface area contributed by atoms with E-state index >= 15 is 0 Å². The van der Waals surface area contributed by atoms with E-state index < -0.39 is 0 Å². The van der Waals surface area contributed by atoms with E-state index in [0.29, 0.717) is 5.92 Å². The fourth-order valence-electron chi connectivity index (χ4n) is 2.14. The first-order valence-electron chi connectivity index (χ1n) is 8.83. The zero-order chi connectivity index (χ0) is 17.7. The molecule has 0 fully saturated rings. The van der Waals surface area contributed by atoms with E-state index in [0.717, 1.165) is 18.6 Å². The van der Waals surface area contributed by atoms with Gasteiger partial charge in [-0.25, -0.2) is 0 Å². The fourth-order valence-corrected chi connectivity index (χ4v) is 2.14. The van der Waals surface area contributed by atoms with E-state index in [4.69, 9.17) is 4.74 Å². The Morgan fingerprint density at radius 3 is 1.87 bits per heavy atom. The largest absolute Gasteiger partial charge is 0.496 e. The van der Waals surface area contributed by atoms with Gasteiger partial charge in [-0.3, -0.25) is 0 Å². The minimum atomic E-state index is 0.659. The van der Waals surface area contributed by atoms with Crippen molar-refractivity contribution in [2.45, 2.75) is 60.3 Å². The topological polar surface area (TPSA) is 9.23 Å². The normalized spacial score (nSPS) is 9.39. The minimum Gasteiger partial charge on any atom is -0.496 e. The highest BCUT2D eigenvalue weighted by molar-refractivity contribution is 5.37. The second kappa shape index (κ2) is 12.8. The second-order valence-electron chi connectivity index (χ2n) is 5.42. The maximum atomic E-state index is 5.28. The number of hydrogen-bond donors (Lipinski definition) is 0. The Hall–Kier alpha value is -1.76. The summed E-state index contributed by atoms with van der Waals surface area (Å²) in [6.45, 7) is 12.7. The number of rotatable bonds is 4. The van der Waals surface area contributed by atoms with Crippen LogP contribution < -0.4 is 4.74 Å². The molecule has 0 aliphatic rings. The molecule has 0 aliphatic heterocycles. The molecule has 0 aromatic heterocycles. The van der Waals surface area contributed by atoms with Gasteiger partial charge < -0.3 is 4.74 Å². The summed E-state index contributed by atoms with van der Waals surface area (Å²) < 4.78 is 5.28. The summed E-state index contributed by atoms with van der Waals surface area (Å²) in [6.07, 6.45) is 2.10. The Bertz CT molecular complexity index is 515. The molecule has 2 rings (SSSR count). The average molecular weight is 315 g/mol. The Kier molecular flexibility index (Phi) is 11.8. The van der Waals surface area contributed by atoms with Gasteiger partial charge in [-0.05, 0) is 41.5 Å². The zero-order valence-corrected chi connectivity index (χ0v) is 16.0. The molecule has 1 nitrogen and oxygen atoms in total. The molecule has 2 aromatic carbocycles. The van der Waals surface area contributed by atoms with Gasteiger partial charge in [0.25, 0.3) is 0 Å². The van der Waals surface area contributed by atoms with Crippen LogP contribution in [0.1, 0.15) is 64.2 Å². The van der Waals surface area contributed by atoms with Crippen LogP contribution in [0.25, 0.3) is 0 Å². The molecule has 128 valence electrons. The van der Waals surface area contributed by atoms with Gasteiger partial charge >= 0.3 is 0 Å². The average Bonchev–Trinajstić information content (AvgIpc) is 2.64. The summed E-state index contributed by atoms with van der Waals surface area (Å²) in [4.78, 5) is 0. The van der Waals surface area contributed by atoms with Crippen molar-refractivity contribution in [3.63, 3.8) is 0 Å². The van der Waals surface area contributed by atoms with Crippen LogP contribution >= 0.6 is 0 Å². The van der Waals surface area contributed by atoms with Crippen LogP contribution in [0.5, 0.6) is 5.75 Å². The summed E-state index contributed by atoms with van der Waals surface area (Å²) in [5, 5.41) is 0. The molecule has 2 aromatic rings. The lowest BCUT2D eigenvalue weighted by atomic mass is 10.0. The molecule has 0 radical (unpaired) electrons. The summed E-state index contributed by atoms with van der Waals surface area (Å²) >= 11 is 0. The van der Waals surface area contributed by atoms with Crippen molar-refractivity contribution in [2.75, 3.05) is 7.11 Å². The lowest BCUT2D eigenvalue weighted by Gasteiger charge is -2.07. The third-order valence-corrected chi connectivity index (χ3v) is 3.61. The Balaban J connectivity index is 0.000000392. The van der Waals surface area contributed by atoms with Crippen molar-refractivity contribution >= 4 is 0 Å². The van der Waals surface area contributed by atoms with Gasteiger partial charge in [0.05, 0.1) is 7.11 Å². The molecule has 0 spiro atoms. The molecule has 0 aliphatic carbocycles. The summed E-state index contributed by atoms with van der Waals surface area (Å²) in [5.41, 5.74) is 4.04. The maximum Gasteiger partial charge on any atom is 0.122 e. The standard InChI is InChI=1S/C11H16O.C9H12.C2H6/c1-4-9-6-7-10(5-2)11(8-9)12-3;1-8(2)9-6-4-3-5-7-9;1-2/h6-8H,4-5H2,1-3H3;3-8H,1-2H3;1-2H3. The third-order valence-electron chi connectivity index (χ3n) is 3.61. The van der Waals surface area contributed by atoms with Crippen LogP contribution in [0.2, 0.25) is 0 Å². The molecule has 0 bridgehead atoms. The van der Waals surface area contributed by atoms with E-state index in [1.165, 1.54) is 16.7 Å². The predicted molar refractivity (Wildman–Crippen MR) is 104 cm³/mol. The van der Waals surface area contributed by atoms with E-state index in [-0.39, 0.29) is 0 Å². The molecule has 0 unspecified atom stereocenters. The van der Waals surface area contributed by atoms with Crippen molar-refractivity contribution in [1.82, 2.24) is 0 Å². The van der Waals surface area contributed by atoms with Crippen LogP contribution in [-0.4, -0.2) is 7.11 Å². The monoisotopic (exact) mass is 314 g/mol. The quantitative estimate of drug-likeness (QED) is 0.613. The van der Waals surface area contributed by atoms with Gasteiger partial charge in [0, 0.05) is 0 Å². The molecule has 0 heterocycles. The summed E-state index contributed by atoms with van der Waals surface area (Å²) in [6, 6.07) is 17.0. The molecule has 0 atom stereocenters. The number of hydrogen-bond acceptors (Lipinski definition) is 1. The van der Waals surface area contributed by atoms with Gasteiger partial charge in [0.15, 0.2) is 0 Å². The predicted octanol–water partition coefficient (Wildman–Crippen LogP) is 6.66. The molecule has 0 saturated carbocycles. The third kappa shape index (κ3) is 7.88. The molecule has 1 heteroatoms. The first kappa shape index (κ1) is 21.2. The lowest BCUT2D eigenvalue weighted by molar-refractivity contribution is 0.409.